The van der Waals surface area contributed by atoms with E-state index >= 15 is 0 Å². The molecule has 0 radical (unpaired) electrons. The molecular weight excluding hydrogens is 300 g/mol. The molecule has 0 aliphatic rings. The third kappa shape index (κ3) is 2.96. The Kier molecular flexibility index (Phi) is 3.64. The maximum absolute atomic E-state index is 11.8. The molecule has 0 heterocycles. The Morgan fingerprint density at radius 2 is 1.12 bits per heavy atom. The lowest BCUT2D eigenvalue weighted by Crippen LogP contribution is -2.08. The Morgan fingerprint density at radius 1 is 0.765 bits per heavy atom. The predicted molar refractivity (Wildman–Crippen MR) is 72.6 cm³/mol. The Labute approximate surface area is 108 Å². The fourth-order valence-corrected chi connectivity index (χ4v) is 4.03. The Morgan fingerprint density at radius 3 is 1.41 bits per heavy atom. The van der Waals surface area contributed by atoms with Crippen LogP contribution in [0.4, 0.5) is 0 Å². The highest BCUT2D eigenvalue weighted by Gasteiger charge is 2.25. The van der Waals surface area contributed by atoms with Crippen molar-refractivity contribution < 1.29 is 8.42 Å². The van der Waals surface area contributed by atoms with Gasteiger partial charge < -0.3 is 0 Å². The van der Waals surface area contributed by atoms with Gasteiger partial charge in [-0.25, -0.2) is 8.42 Å². The highest BCUT2D eigenvalue weighted by molar-refractivity contribution is 9.47. The highest BCUT2D eigenvalue weighted by atomic mass is 79.9. The van der Waals surface area contributed by atoms with Crippen molar-refractivity contribution in [3.8, 4) is 0 Å². The van der Waals surface area contributed by atoms with Gasteiger partial charge in [-0.15, -0.1) is 0 Å². The number of hydrogen-bond acceptors (Lipinski definition) is 2. The van der Waals surface area contributed by atoms with Crippen LogP contribution >= 0.6 is 14.8 Å². The zero-order valence-electron chi connectivity index (χ0n) is 8.95. The molecule has 2 aromatic rings. The summed E-state index contributed by atoms with van der Waals surface area (Å²) in [6.45, 7) is 0. The second-order valence-corrected chi connectivity index (χ2v) is 7.81. The molecule has 2 nitrogen and oxygen atoms in total. The van der Waals surface area contributed by atoms with E-state index in [9.17, 15) is 8.42 Å². The van der Waals surface area contributed by atoms with Gasteiger partial charge in [-0.2, -0.15) is 0 Å². The van der Waals surface area contributed by atoms with E-state index in [2.05, 4.69) is 14.8 Å². The van der Waals surface area contributed by atoms with Crippen molar-refractivity contribution in [2.45, 2.75) is 5.25 Å². The fraction of sp³-hybridized carbons (Fsp3) is 0.0769. The van der Waals surface area contributed by atoms with Crippen LogP contribution in [-0.2, 0) is 8.27 Å². The van der Waals surface area contributed by atoms with Gasteiger partial charge in [0.1, 0.15) is 5.25 Å². The van der Waals surface area contributed by atoms with Crippen LogP contribution in [0.25, 0.3) is 0 Å². The average Bonchev–Trinajstić information content (AvgIpc) is 2.30. The van der Waals surface area contributed by atoms with Crippen LogP contribution in [0.1, 0.15) is 16.4 Å². The molecule has 0 fully saturated rings. The number of rotatable bonds is 3. The zero-order chi connectivity index (χ0) is 12.3. The van der Waals surface area contributed by atoms with Gasteiger partial charge >= 0.3 is 0 Å². The van der Waals surface area contributed by atoms with E-state index in [0.29, 0.717) is 0 Å². The van der Waals surface area contributed by atoms with Crippen molar-refractivity contribution in [3.63, 3.8) is 0 Å². The molecule has 0 spiro atoms. The normalized spacial score (nSPS) is 11.6. The van der Waals surface area contributed by atoms with Crippen molar-refractivity contribution in [3.05, 3.63) is 71.8 Å². The lowest BCUT2D eigenvalue weighted by molar-refractivity contribution is 0.605. The van der Waals surface area contributed by atoms with Gasteiger partial charge in [0.15, 0.2) is 0 Å². The molecule has 17 heavy (non-hydrogen) atoms. The minimum atomic E-state index is -3.36. The highest BCUT2D eigenvalue weighted by Crippen LogP contribution is 2.33. The smallest absolute Gasteiger partial charge is 0.216 e. The van der Waals surface area contributed by atoms with E-state index in [-0.39, 0.29) is 0 Å². The van der Waals surface area contributed by atoms with Crippen molar-refractivity contribution in [1.29, 1.82) is 0 Å². The van der Waals surface area contributed by atoms with Crippen LogP contribution in [-0.4, -0.2) is 8.42 Å². The van der Waals surface area contributed by atoms with Crippen LogP contribution in [0, 0.1) is 0 Å². The molecule has 2 aromatic carbocycles. The molecule has 0 saturated heterocycles. The molecule has 0 N–H and O–H groups in total. The second-order valence-electron chi connectivity index (χ2n) is 3.68. The van der Waals surface area contributed by atoms with Crippen LogP contribution in [0.3, 0.4) is 0 Å². The molecule has 0 amide bonds. The Bertz CT molecular complexity index is 540. The minimum Gasteiger partial charge on any atom is -0.216 e. The van der Waals surface area contributed by atoms with Gasteiger partial charge in [-0.05, 0) is 11.1 Å². The lowest BCUT2D eigenvalue weighted by atomic mass is 10.0. The van der Waals surface area contributed by atoms with Crippen molar-refractivity contribution >= 4 is 23.1 Å². The van der Waals surface area contributed by atoms with Crippen LogP contribution in [0.2, 0.25) is 0 Å². The van der Waals surface area contributed by atoms with E-state index in [4.69, 9.17) is 0 Å². The molecule has 4 heteroatoms. The molecule has 0 saturated carbocycles. The number of hydrogen-bond donors (Lipinski definition) is 0. The van der Waals surface area contributed by atoms with E-state index in [1.165, 1.54) is 0 Å². The van der Waals surface area contributed by atoms with Crippen molar-refractivity contribution in [1.82, 2.24) is 0 Å². The average molecular weight is 311 g/mol. The first-order chi connectivity index (χ1) is 8.09. The molecule has 88 valence electrons. The summed E-state index contributed by atoms with van der Waals surface area (Å²) in [4.78, 5) is 0. The predicted octanol–water partition coefficient (Wildman–Crippen LogP) is 3.50. The summed E-state index contributed by atoms with van der Waals surface area (Å²) in [5, 5.41) is -0.662. The third-order valence-corrected chi connectivity index (χ3v) is 4.72. The second kappa shape index (κ2) is 5.02. The lowest BCUT2D eigenvalue weighted by Gasteiger charge is -2.14. The first-order valence-electron chi connectivity index (χ1n) is 5.12. The summed E-state index contributed by atoms with van der Waals surface area (Å²) in [5.41, 5.74) is 1.52. The molecule has 0 unspecified atom stereocenters. The molecule has 0 aliphatic heterocycles. The van der Waals surface area contributed by atoms with Gasteiger partial charge in [-0.3, -0.25) is 0 Å². The maximum Gasteiger partial charge on any atom is 0.220 e. The van der Waals surface area contributed by atoms with Gasteiger partial charge in [-0.1, -0.05) is 60.7 Å². The van der Waals surface area contributed by atoms with E-state index in [1.54, 1.807) is 0 Å². The van der Waals surface area contributed by atoms with E-state index in [1.807, 2.05) is 60.7 Å². The summed E-state index contributed by atoms with van der Waals surface area (Å²) >= 11 is 2.79. The number of halogens is 1. The van der Waals surface area contributed by atoms with Crippen LogP contribution < -0.4 is 0 Å². The Hall–Kier alpha value is -1.13. The molecule has 2 rings (SSSR count). The number of benzene rings is 2. The van der Waals surface area contributed by atoms with Crippen LogP contribution in [0.15, 0.2) is 60.7 Å². The van der Waals surface area contributed by atoms with Crippen molar-refractivity contribution in [2.75, 3.05) is 0 Å². The molecule has 0 aromatic heterocycles. The van der Waals surface area contributed by atoms with Gasteiger partial charge in [0.05, 0.1) is 14.8 Å². The molecule has 0 bridgehead atoms. The first kappa shape index (κ1) is 12.3. The monoisotopic (exact) mass is 310 g/mol. The first-order valence-corrected chi connectivity index (χ1v) is 8.51. The minimum absolute atomic E-state index is 0.662. The molecular formula is C13H11BrO2S. The molecule has 0 atom stereocenters. The Balaban J connectivity index is 2.56. The summed E-state index contributed by atoms with van der Waals surface area (Å²) < 4.78 is 23.7. The SMILES string of the molecule is O=S(=O)(Br)C(c1ccccc1)c1ccccc1. The van der Waals surface area contributed by atoms with Gasteiger partial charge in [0, 0.05) is 0 Å². The summed E-state index contributed by atoms with van der Waals surface area (Å²) in [5.74, 6) is 0. The fourth-order valence-electron chi connectivity index (χ4n) is 1.77. The van der Waals surface area contributed by atoms with Crippen molar-refractivity contribution in [2.24, 2.45) is 0 Å². The van der Waals surface area contributed by atoms with Gasteiger partial charge in [0.25, 0.3) is 0 Å². The topological polar surface area (TPSA) is 34.1 Å². The third-order valence-electron chi connectivity index (χ3n) is 2.49. The molecule has 0 aliphatic carbocycles. The zero-order valence-corrected chi connectivity index (χ0v) is 11.4. The van der Waals surface area contributed by atoms with Crippen LogP contribution in [0.5, 0.6) is 0 Å². The summed E-state index contributed by atoms with van der Waals surface area (Å²) in [6.07, 6.45) is 0. The maximum atomic E-state index is 11.8. The quantitative estimate of drug-likeness (QED) is 0.813. The summed E-state index contributed by atoms with van der Waals surface area (Å²) in [6, 6.07) is 18.3. The van der Waals surface area contributed by atoms with Gasteiger partial charge in [0.2, 0.25) is 8.27 Å². The standard InChI is InChI=1S/C13H11BrO2S/c14-17(15,16)13(11-7-3-1-4-8-11)12-9-5-2-6-10-12/h1-10,13H. The largest absolute Gasteiger partial charge is 0.220 e. The van der Waals surface area contributed by atoms with E-state index < -0.39 is 13.5 Å². The summed E-state index contributed by atoms with van der Waals surface area (Å²) in [7, 11) is -3.36. The van der Waals surface area contributed by atoms with E-state index in [0.717, 1.165) is 11.1 Å².